The molecule has 198 valence electrons. The topological polar surface area (TPSA) is 115 Å². The summed E-state index contributed by atoms with van der Waals surface area (Å²) in [7, 11) is 5.33. The number of aromatic carboxylic acids is 1. The number of rotatable bonds is 7. The second-order valence-electron chi connectivity index (χ2n) is 10.2. The number of nitrogens with one attached hydrogen (secondary N) is 1. The van der Waals surface area contributed by atoms with Crippen LogP contribution in [0.2, 0.25) is 0 Å². The summed E-state index contributed by atoms with van der Waals surface area (Å²) < 4.78 is 8.57. The van der Waals surface area contributed by atoms with Gasteiger partial charge in [-0.1, -0.05) is 20.8 Å². The first-order valence-corrected chi connectivity index (χ1v) is 12.1. The van der Waals surface area contributed by atoms with Crippen LogP contribution in [0.5, 0.6) is 5.75 Å². The van der Waals surface area contributed by atoms with E-state index in [1.807, 2.05) is 77.0 Å². The number of nitrogens with zero attached hydrogens (tertiary/aromatic N) is 5. The lowest BCUT2D eigenvalue weighted by Gasteiger charge is -2.25. The molecule has 4 rings (SSSR count). The highest BCUT2D eigenvalue weighted by Gasteiger charge is 2.27. The minimum atomic E-state index is -1.07. The SMILES string of the molecule is COc1ccc(-n2ncc(C(=O)Nc3ccc(-n4c(C(=O)O)cnc4C(C)(C)C)c(N(C)C)c3)c2C)cc1. The van der Waals surface area contributed by atoms with E-state index in [-0.39, 0.29) is 11.6 Å². The molecule has 38 heavy (non-hydrogen) atoms. The first kappa shape index (κ1) is 26.5. The number of methoxy groups -OCH3 is 1. The Morgan fingerprint density at radius 3 is 2.32 bits per heavy atom. The molecule has 0 saturated heterocycles. The lowest BCUT2D eigenvalue weighted by molar-refractivity contribution is 0.0687. The van der Waals surface area contributed by atoms with Crippen LogP contribution in [0.3, 0.4) is 0 Å². The summed E-state index contributed by atoms with van der Waals surface area (Å²) in [5, 5.41) is 17.2. The van der Waals surface area contributed by atoms with E-state index in [1.165, 1.54) is 12.4 Å². The van der Waals surface area contributed by atoms with Gasteiger partial charge in [0.15, 0.2) is 5.69 Å². The predicted molar refractivity (Wildman–Crippen MR) is 146 cm³/mol. The van der Waals surface area contributed by atoms with Crippen LogP contribution in [0.1, 0.15) is 53.1 Å². The van der Waals surface area contributed by atoms with Gasteiger partial charge in [0.25, 0.3) is 5.91 Å². The van der Waals surface area contributed by atoms with Crippen LogP contribution in [-0.4, -0.2) is 57.5 Å². The number of ether oxygens (including phenoxy) is 1. The van der Waals surface area contributed by atoms with Crippen molar-refractivity contribution < 1.29 is 19.4 Å². The van der Waals surface area contributed by atoms with Crippen LogP contribution in [0.25, 0.3) is 11.4 Å². The predicted octanol–water partition coefficient (Wildman–Crippen LogP) is 4.69. The Labute approximate surface area is 221 Å². The molecule has 0 aliphatic rings. The molecule has 2 aromatic carbocycles. The fourth-order valence-corrected chi connectivity index (χ4v) is 4.24. The van der Waals surface area contributed by atoms with Gasteiger partial charge < -0.3 is 20.1 Å². The highest BCUT2D eigenvalue weighted by atomic mass is 16.5. The van der Waals surface area contributed by atoms with Gasteiger partial charge >= 0.3 is 5.97 Å². The van der Waals surface area contributed by atoms with Gasteiger partial charge in [-0.05, 0) is 49.4 Å². The molecule has 0 unspecified atom stereocenters. The summed E-state index contributed by atoms with van der Waals surface area (Å²) in [6.07, 6.45) is 2.91. The minimum Gasteiger partial charge on any atom is -0.497 e. The van der Waals surface area contributed by atoms with Gasteiger partial charge in [-0.2, -0.15) is 5.10 Å². The Hall–Kier alpha value is -4.60. The highest BCUT2D eigenvalue weighted by Crippen LogP contribution is 2.33. The summed E-state index contributed by atoms with van der Waals surface area (Å²) >= 11 is 0. The molecule has 0 radical (unpaired) electrons. The summed E-state index contributed by atoms with van der Waals surface area (Å²) in [6, 6.07) is 12.8. The molecule has 0 saturated carbocycles. The average Bonchev–Trinajstić information content (AvgIpc) is 3.48. The van der Waals surface area contributed by atoms with Crippen molar-refractivity contribution in [1.82, 2.24) is 19.3 Å². The highest BCUT2D eigenvalue weighted by molar-refractivity contribution is 6.05. The molecule has 0 bridgehead atoms. The summed E-state index contributed by atoms with van der Waals surface area (Å²) in [4.78, 5) is 31.5. The Kier molecular flexibility index (Phi) is 6.99. The Balaban J connectivity index is 1.68. The second kappa shape index (κ2) is 10.0. The monoisotopic (exact) mass is 516 g/mol. The summed E-state index contributed by atoms with van der Waals surface area (Å²) in [5.74, 6) is -0.0165. The number of carbonyl (C=O) groups excluding carboxylic acids is 1. The Morgan fingerprint density at radius 2 is 1.74 bits per heavy atom. The van der Waals surface area contributed by atoms with Crippen molar-refractivity contribution in [3.8, 4) is 17.1 Å². The number of anilines is 2. The molecule has 2 aromatic heterocycles. The normalized spacial score (nSPS) is 11.3. The lowest BCUT2D eigenvalue weighted by Crippen LogP contribution is -2.22. The molecule has 4 aromatic rings. The third-order valence-electron chi connectivity index (χ3n) is 6.18. The second-order valence-corrected chi connectivity index (χ2v) is 10.2. The fourth-order valence-electron chi connectivity index (χ4n) is 4.24. The van der Waals surface area contributed by atoms with Crippen LogP contribution in [0, 0.1) is 6.92 Å². The number of hydrogen-bond acceptors (Lipinski definition) is 6. The van der Waals surface area contributed by atoms with E-state index in [2.05, 4.69) is 15.4 Å². The third kappa shape index (κ3) is 4.97. The van der Waals surface area contributed by atoms with Gasteiger partial charge in [-0.3, -0.25) is 9.36 Å². The maximum absolute atomic E-state index is 13.2. The molecule has 0 aliphatic carbocycles. The Morgan fingerprint density at radius 1 is 1.05 bits per heavy atom. The first-order valence-electron chi connectivity index (χ1n) is 12.1. The number of carboxylic acid groups (broad SMARTS) is 1. The number of amides is 1. The first-order chi connectivity index (χ1) is 17.9. The van der Waals surface area contributed by atoms with Crippen molar-refractivity contribution in [2.24, 2.45) is 0 Å². The summed E-state index contributed by atoms with van der Waals surface area (Å²) in [6.45, 7) is 7.78. The van der Waals surface area contributed by atoms with Crippen LogP contribution in [0.15, 0.2) is 54.9 Å². The van der Waals surface area contributed by atoms with Gasteiger partial charge in [0.1, 0.15) is 11.6 Å². The van der Waals surface area contributed by atoms with Gasteiger partial charge in [0, 0.05) is 25.2 Å². The van der Waals surface area contributed by atoms with E-state index in [0.29, 0.717) is 28.5 Å². The zero-order valence-electron chi connectivity index (χ0n) is 22.6. The molecule has 1 amide bonds. The van der Waals surface area contributed by atoms with Crippen LogP contribution in [0.4, 0.5) is 11.4 Å². The lowest BCUT2D eigenvalue weighted by atomic mass is 9.95. The van der Waals surface area contributed by atoms with Gasteiger partial charge in [0.05, 0.1) is 47.8 Å². The van der Waals surface area contributed by atoms with Crippen molar-refractivity contribution in [3.63, 3.8) is 0 Å². The molecular formula is C28H32N6O4. The molecule has 0 atom stereocenters. The number of carbonyl (C=O) groups is 2. The average molecular weight is 517 g/mol. The number of hydrogen-bond donors (Lipinski definition) is 2. The molecular weight excluding hydrogens is 484 g/mol. The van der Waals surface area contributed by atoms with Crippen LogP contribution < -0.4 is 15.0 Å². The molecule has 10 heteroatoms. The van der Waals surface area contributed by atoms with Crippen LogP contribution in [-0.2, 0) is 5.41 Å². The van der Waals surface area contributed by atoms with Crippen LogP contribution >= 0.6 is 0 Å². The fraction of sp³-hybridized carbons (Fsp3) is 0.286. The van der Waals surface area contributed by atoms with Gasteiger partial charge in [0.2, 0.25) is 0 Å². The Bertz CT molecular complexity index is 1490. The van der Waals surface area contributed by atoms with E-state index in [4.69, 9.17) is 4.74 Å². The van der Waals surface area contributed by atoms with E-state index in [9.17, 15) is 14.7 Å². The minimum absolute atomic E-state index is 0.0661. The summed E-state index contributed by atoms with van der Waals surface area (Å²) in [5.41, 5.74) is 3.54. The molecule has 0 aliphatic heterocycles. The van der Waals surface area contributed by atoms with E-state index in [0.717, 1.165) is 17.1 Å². The van der Waals surface area contributed by atoms with Crippen molar-refractivity contribution in [2.45, 2.75) is 33.1 Å². The number of imidazole rings is 1. The largest absolute Gasteiger partial charge is 0.497 e. The molecule has 2 N–H and O–H groups in total. The van der Waals surface area contributed by atoms with E-state index < -0.39 is 11.4 Å². The van der Waals surface area contributed by atoms with Crippen molar-refractivity contribution in [3.05, 3.63) is 77.6 Å². The van der Waals surface area contributed by atoms with Gasteiger partial charge in [-0.25, -0.2) is 14.5 Å². The van der Waals surface area contributed by atoms with Gasteiger partial charge in [-0.15, -0.1) is 0 Å². The number of aromatic nitrogens is 4. The number of benzene rings is 2. The zero-order valence-corrected chi connectivity index (χ0v) is 22.6. The molecule has 0 spiro atoms. The van der Waals surface area contributed by atoms with Crippen molar-refractivity contribution >= 4 is 23.3 Å². The van der Waals surface area contributed by atoms with E-state index >= 15 is 0 Å². The molecule has 10 nitrogen and oxygen atoms in total. The number of carboxylic acids is 1. The van der Waals surface area contributed by atoms with Crippen molar-refractivity contribution in [2.75, 3.05) is 31.4 Å². The molecule has 0 fully saturated rings. The maximum atomic E-state index is 13.2. The van der Waals surface area contributed by atoms with Crippen molar-refractivity contribution in [1.29, 1.82) is 0 Å². The van der Waals surface area contributed by atoms with E-state index in [1.54, 1.807) is 28.5 Å². The quantitative estimate of drug-likeness (QED) is 0.366. The smallest absolute Gasteiger partial charge is 0.354 e. The molecule has 2 heterocycles. The zero-order chi connectivity index (χ0) is 27.8. The maximum Gasteiger partial charge on any atom is 0.354 e. The standard InChI is InChI=1S/C28H32N6O4/c1-17-21(15-30-34(17)19-9-11-20(38-7)12-10-19)25(35)31-18-8-13-22(23(14-18)32(5)6)33-24(26(36)37)16-29-27(33)28(2,3)4/h8-16H,1-7H3,(H,31,35)(H,36,37). The third-order valence-corrected chi connectivity index (χ3v) is 6.18.